The largest absolute Gasteiger partial charge is 0.417 e. The van der Waals surface area contributed by atoms with Gasteiger partial charge in [-0.05, 0) is 16.5 Å². The van der Waals surface area contributed by atoms with Gasteiger partial charge in [-0.25, -0.2) is 0 Å². The molecule has 0 amide bonds. The molecule has 0 heterocycles. The molecule has 20 heavy (non-hydrogen) atoms. The summed E-state index contributed by atoms with van der Waals surface area (Å²) in [4.78, 5) is 0. The lowest BCUT2D eigenvalue weighted by Gasteiger charge is -2.20. The highest BCUT2D eigenvalue weighted by molar-refractivity contribution is 5.70. The molecule has 1 aromatic carbocycles. The fourth-order valence-corrected chi connectivity index (χ4v) is 1.64. The van der Waals surface area contributed by atoms with Crippen molar-refractivity contribution >= 4 is 5.57 Å². The maximum Gasteiger partial charge on any atom is 0.417 e. The van der Waals surface area contributed by atoms with Crippen LogP contribution in [0.3, 0.4) is 0 Å². The van der Waals surface area contributed by atoms with Gasteiger partial charge in [0.15, 0.2) is 0 Å². The van der Waals surface area contributed by atoms with Gasteiger partial charge in [0.25, 0.3) is 0 Å². The van der Waals surface area contributed by atoms with Gasteiger partial charge in [0.1, 0.15) is 0 Å². The maximum atomic E-state index is 12.7. The SMILES string of the molecule is CC(C)(C)c1ccc(/C(=C\C(F)(F)F)C(F)(F)F)cc1. The molecule has 0 nitrogen and oxygen atoms in total. The van der Waals surface area contributed by atoms with E-state index in [1.165, 1.54) is 12.1 Å². The summed E-state index contributed by atoms with van der Waals surface area (Å²) < 4.78 is 74.7. The molecule has 1 rings (SSSR count). The Labute approximate surface area is 113 Å². The van der Waals surface area contributed by atoms with Gasteiger partial charge < -0.3 is 0 Å². The van der Waals surface area contributed by atoms with Crippen molar-refractivity contribution in [3.63, 3.8) is 0 Å². The van der Waals surface area contributed by atoms with Crippen molar-refractivity contribution in [3.05, 3.63) is 41.5 Å². The average Bonchev–Trinajstić information content (AvgIpc) is 2.22. The van der Waals surface area contributed by atoms with Crippen LogP contribution in [0.25, 0.3) is 5.57 Å². The van der Waals surface area contributed by atoms with Gasteiger partial charge in [-0.2, -0.15) is 26.3 Å². The summed E-state index contributed by atoms with van der Waals surface area (Å²) in [5.41, 5.74) is -1.73. The lowest BCUT2D eigenvalue weighted by atomic mass is 9.86. The van der Waals surface area contributed by atoms with Gasteiger partial charge in [0.05, 0.1) is 5.57 Å². The molecule has 112 valence electrons. The Morgan fingerprint density at radius 3 is 1.60 bits per heavy atom. The molecule has 0 radical (unpaired) electrons. The van der Waals surface area contributed by atoms with Crippen LogP contribution in [0.2, 0.25) is 0 Å². The van der Waals surface area contributed by atoms with Crippen LogP contribution in [0.15, 0.2) is 30.3 Å². The molecule has 1 aromatic rings. The zero-order valence-corrected chi connectivity index (χ0v) is 11.2. The zero-order chi connectivity index (χ0) is 15.8. The lowest BCUT2D eigenvalue weighted by Crippen LogP contribution is -2.16. The van der Waals surface area contributed by atoms with Crippen LogP contribution in [-0.4, -0.2) is 12.4 Å². The Morgan fingerprint density at radius 2 is 1.30 bits per heavy atom. The maximum absolute atomic E-state index is 12.7. The van der Waals surface area contributed by atoms with E-state index in [-0.39, 0.29) is 5.41 Å². The number of hydrogen-bond donors (Lipinski definition) is 0. The molecule has 0 atom stereocenters. The van der Waals surface area contributed by atoms with E-state index < -0.39 is 29.6 Å². The molecule has 0 spiro atoms. The molecule has 0 aliphatic rings. The summed E-state index contributed by atoms with van der Waals surface area (Å²) in [7, 11) is 0. The second-order valence-electron chi connectivity index (χ2n) is 5.42. The Kier molecular flexibility index (Phi) is 4.27. The average molecular weight is 296 g/mol. The minimum Gasteiger partial charge on any atom is -0.167 e. The van der Waals surface area contributed by atoms with Crippen LogP contribution in [0.1, 0.15) is 31.9 Å². The normalized spacial score (nSPS) is 14.6. The third kappa shape index (κ3) is 4.58. The molecule has 0 bridgehead atoms. The van der Waals surface area contributed by atoms with Crippen molar-refractivity contribution in [2.45, 2.75) is 38.5 Å². The highest BCUT2D eigenvalue weighted by Gasteiger charge is 2.39. The van der Waals surface area contributed by atoms with Gasteiger partial charge >= 0.3 is 12.4 Å². The van der Waals surface area contributed by atoms with E-state index in [0.29, 0.717) is 0 Å². The molecular weight excluding hydrogens is 282 g/mol. The predicted molar refractivity (Wildman–Crippen MR) is 65.2 cm³/mol. The predicted octanol–water partition coefficient (Wildman–Crippen LogP) is 5.49. The van der Waals surface area contributed by atoms with Gasteiger partial charge in [-0.15, -0.1) is 0 Å². The Hall–Kier alpha value is -1.46. The Balaban J connectivity index is 3.28. The van der Waals surface area contributed by atoms with Crippen molar-refractivity contribution in [2.75, 3.05) is 0 Å². The molecule has 0 fully saturated rings. The van der Waals surface area contributed by atoms with Gasteiger partial charge in [-0.1, -0.05) is 45.0 Å². The topological polar surface area (TPSA) is 0 Å². The van der Waals surface area contributed by atoms with Crippen LogP contribution in [0, 0.1) is 0 Å². The molecule has 0 aromatic heterocycles. The molecular formula is C14H14F6. The first kappa shape index (κ1) is 16.6. The van der Waals surface area contributed by atoms with E-state index in [2.05, 4.69) is 0 Å². The number of alkyl halides is 6. The highest BCUT2D eigenvalue weighted by Crippen LogP contribution is 2.37. The minimum atomic E-state index is -5.06. The summed E-state index contributed by atoms with van der Waals surface area (Å²) in [5.74, 6) is 0. The minimum absolute atomic E-state index is 0.287. The molecule has 0 unspecified atom stereocenters. The molecule has 0 aliphatic carbocycles. The number of benzene rings is 1. The van der Waals surface area contributed by atoms with E-state index in [4.69, 9.17) is 0 Å². The zero-order valence-electron chi connectivity index (χ0n) is 11.2. The number of halogens is 6. The van der Waals surface area contributed by atoms with E-state index in [9.17, 15) is 26.3 Å². The van der Waals surface area contributed by atoms with Crippen molar-refractivity contribution < 1.29 is 26.3 Å². The fraction of sp³-hybridized carbons (Fsp3) is 0.429. The van der Waals surface area contributed by atoms with Crippen LogP contribution >= 0.6 is 0 Å². The lowest BCUT2D eigenvalue weighted by molar-refractivity contribution is -0.0911. The first-order valence-electron chi connectivity index (χ1n) is 5.78. The van der Waals surface area contributed by atoms with E-state index in [1.807, 2.05) is 20.8 Å². The standard InChI is InChI=1S/C14H14F6/c1-12(2,3)10-6-4-9(5-7-10)11(14(18,19)20)8-13(15,16)17/h4-8H,1-3H3/b11-8+. The summed E-state index contributed by atoms with van der Waals surface area (Å²) in [6.45, 7) is 5.58. The number of allylic oxidation sites excluding steroid dienone is 2. The summed E-state index contributed by atoms with van der Waals surface area (Å²) in [6.07, 6.45) is -10.8. The number of rotatable bonds is 1. The second-order valence-corrected chi connectivity index (χ2v) is 5.42. The smallest absolute Gasteiger partial charge is 0.167 e. The van der Waals surface area contributed by atoms with Gasteiger partial charge in [-0.3, -0.25) is 0 Å². The number of hydrogen-bond acceptors (Lipinski definition) is 0. The highest BCUT2D eigenvalue weighted by atomic mass is 19.4. The van der Waals surface area contributed by atoms with E-state index >= 15 is 0 Å². The summed E-state index contributed by atoms with van der Waals surface area (Å²) >= 11 is 0. The Morgan fingerprint density at radius 1 is 0.850 bits per heavy atom. The first-order valence-corrected chi connectivity index (χ1v) is 5.78. The molecule has 0 saturated heterocycles. The molecule has 0 N–H and O–H groups in total. The quantitative estimate of drug-likeness (QED) is 0.601. The van der Waals surface area contributed by atoms with Crippen LogP contribution in [0.5, 0.6) is 0 Å². The Bertz CT molecular complexity index is 482. The summed E-state index contributed by atoms with van der Waals surface area (Å²) in [6, 6.07) is 4.94. The van der Waals surface area contributed by atoms with E-state index in [0.717, 1.165) is 17.7 Å². The van der Waals surface area contributed by atoms with Crippen molar-refractivity contribution in [1.29, 1.82) is 0 Å². The van der Waals surface area contributed by atoms with Crippen molar-refractivity contribution in [2.24, 2.45) is 0 Å². The van der Waals surface area contributed by atoms with Gasteiger partial charge in [0, 0.05) is 6.08 Å². The monoisotopic (exact) mass is 296 g/mol. The van der Waals surface area contributed by atoms with Crippen LogP contribution < -0.4 is 0 Å². The van der Waals surface area contributed by atoms with E-state index in [1.54, 1.807) is 0 Å². The molecule has 0 saturated carbocycles. The molecule has 0 aliphatic heterocycles. The summed E-state index contributed by atoms with van der Waals surface area (Å²) in [5, 5.41) is 0. The van der Waals surface area contributed by atoms with Gasteiger partial charge in [0.2, 0.25) is 0 Å². The molecule has 6 heteroatoms. The van der Waals surface area contributed by atoms with Crippen LogP contribution in [-0.2, 0) is 5.41 Å². The fourth-order valence-electron chi connectivity index (χ4n) is 1.64. The third-order valence-electron chi connectivity index (χ3n) is 2.68. The van der Waals surface area contributed by atoms with Crippen LogP contribution in [0.4, 0.5) is 26.3 Å². The van der Waals surface area contributed by atoms with Crippen molar-refractivity contribution in [1.82, 2.24) is 0 Å². The third-order valence-corrected chi connectivity index (χ3v) is 2.68. The second kappa shape index (κ2) is 5.14. The van der Waals surface area contributed by atoms with Crippen molar-refractivity contribution in [3.8, 4) is 0 Å². The first-order chi connectivity index (χ1) is 8.81.